The van der Waals surface area contributed by atoms with Crippen molar-refractivity contribution in [3.05, 3.63) is 111 Å². The molecule has 1 heterocycles. The summed E-state index contributed by atoms with van der Waals surface area (Å²) >= 11 is 3.46. The van der Waals surface area contributed by atoms with Gasteiger partial charge < -0.3 is 4.90 Å². The second-order valence-corrected chi connectivity index (χ2v) is 8.56. The Morgan fingerprint density at radius 2 is 1.75 bits per heavy atom. The molecule has 0 fully saturated rings. The molecule has 1 atom stereocenters. The average Bonchev–Trinajstić information content (AvgIpc) is 2.82. The maximum atomic E-state index is 13.7. The van der Waals surface area contributed by atoms with Crippen molar-refractivity contribution in [2.45, 2.75) is 33.0 Å². The lowest BCUT2D eigenvalue weighted by molar-refractivity contribution is 0.0662. The van der Waals surface area contributed by atoms with Crippen LogP contribution in [0.2, 0.25) is 0 Å². The van der Waals surface area contributed by atoms with Gasteiger partial charge in [-0.05, 0) is 49.7 Å². The minimum Gasteiger partial charge on any atom is -0.324 e. The molecule has 1 aromatic heterocycles. The predicted molar refractivity (Wildman–Crippen MR) is 131 cm³/mol. The summed E-state index contributed by atoms with van der Waals surface area (Å²) in [6, 6.07) is 24.1. The number of nitrogens with zero attached hydrogens (tertiary/aromatic N) is 3. The van der Waals surface area contributed by atoms with E-state index in [1.807, 2.05) is 80.6 Å². The third kappa shape index (κ3) is 4.36. The minimum atomic E-state index is -0.418. The van der Waals surface area contributed by atoms with Crippen molar-refractivity contribution in [2.24, 2.45) is 0 Å². The molecule has 0 aliphatic carbocycles. The predicted octanol–water partition coefficient (Wildman–Crippen LogP) is 5.58. The van der Waals surface area contributed by atoms with Crippen LogP contribution in [-0.4, -0.2) is 20.4 Å². The molecule has 1 amide bonds. The maximum Gasteiger partial charge on any atom is 0.261 e. The van der Waals surface area contributed by atoms with Gasteiger partial charge in [0.1, 0.15) is 5.82 Å². The number of carbonyl (C=O) groups excluding carboxylic acids is 1. The molecule has 4 rings (SSSR count). The highest BCUT2D eigenvalue weighted by molar-refractivity contribution is 9.10. The Morgan fingerprint density at radius 1 is 1.03 bits per heavy atom. The van der Waals surface area contributed by atoms with Crippen LogP contribution in [0.25, 0.3) is 10.9 Å². The lowest BCUT2D eigenvalue weighted by Crippen LogP contribution is -2.37. The normalized spacial score (nSPS) is 12.0. The van der Waals surface area contributed by atoms with Gasteiger partial charge in [0.2, 0.25) is 0 Å². The van der Waals surface area contributed by atoms with Crippen LogP contribution in [0, 0.1) is 0 Å². The Hall–Kier alpha value is -3.25. The van der Waals surface area contributed by atoms with E-state index in [2.05, 4.69) is 15.9 Å². The number of rotatable bonds is 6. The fourth-order valence-electron chi connectivity index (χ4n) is 3.90. The molecular weight excluding hydrogens is 466 g/mol. The van der Waals surface area contributed by atoms with Crippen LogP contribution in [0.15, 0.2) is 88.1 Å². The van der Waals surface area contributed by atoms with E-state index >= 15 is 0 Å². The van der Waals surface area contributed by atoms with Gasteiger partial charge in [0, 0.05) is 23.1 Å². The summed E-state index contributed by atoms with van der Waals surface area (Å²) in [5.41, 5.74) is 2.13. The smallest absolute Gasteiger partial charge is 0.261 e. The number of amides is 1. The van der Waals surface area contributed by atoms with E-state index < -0.39 is 6.04 Å². The molecule has 0 saturated carbocycles. The van der Waals surface area contributed by atoms with E-state index in [-0.39, 0.29) is 11.5 Å². The lowest BCUT2D eigenvalue weighted by Gasteiger charge is -2.30. The Labute approximate surface area is 195 Å². The number of hydrogen-bond donors (Lipinski definition) is 0. The highest BCUT2D eigenvalue weighted by Crippen LogP contribution is 2.25. The van der Waals surface area contributed by atoms with Crippen molar-refractivity contribution < 1.29 is 4.79 Å². The zero-order valence-corrected chi connectivity index (χ0v) is 19.6. The van der Waals surface area contributed by atoms with Crippen molar-refractivity contribution in [1.29, 1.82) is 0 Å². The molecule has 6 heteroatoms. The van der Waals surface area contributed by atoms with Gasteiger partial charge in [-0.1, -0.05) is 64.5 Å². The molecule has 0 bridgehead atoms. The van der Waals surface area contributed by atoms with Crippen molar-refractivity contribution in [2.75, 3.05) is 0 Å². The van der Waals surface area contributed by atoms with E-state index in [0.717, 1.165) is 10.0 Å². The van der Waals surface area contributed by atoms with Crippen LogP contribution in [-0.2, 0) is 13.1 Å². The molecule has 1 unspecified atom stereocenters. The van der Waals surface area contributed by atoms with Crippen molar-refractivity contribution in [3.63, 3.8) is 0 Å². The van der Waals surface area contributed by atoms with Crippen LogP contribution in [0.1, 0.15) is 41.6 Å². The number of para-hydroxylation sites is 1. The van der Waals surface area contributed by atoms with Crippen molar-refractivity contribution in [3.8, 4) is 0 Å². The Balaban J connectivity index is 1.84. The third-order valence-electron chi connectivity index (χ3n) is 5.58. The summed E-state index contributed by atoms with van der Waals surface area (Å²) in [6.45, 7) is 4.73. The van der Waals surface area contributed by atoms with E-state index in [0.29, 0.717) is 35.4 Å². The van der Waals surface area contributed by atoms with Crippen molar-refractivity contribution in [1.82, 2.24) is 14.5 Å². The van der Waals surface area contributed by atoms with Gasteiger partial charge in [-0.3, -0.25) is 14.2 Å². The maximum absolute atomic E-state index is 13.7. The molecule has 0 N–H and O–H groups in total. The van der Waals surface area contributed by atoms with Crippen LogP contribution in [0.4, 0.5) is 0 Å². The van der Waals surface area contributed by atoms with Crippen molar-refractivity contribution >= 4 is 32.7 Å². The van der Waals surface area contributed by atoms with E-state index in [4.69, 9.17) is 4.98 Å². The van der Waals surface area contributed by atoms with Crippen LogP contribution in [0.5, 0.6) is 0 Å². The lowest BCUT2D eigenvalue weighted by atomic mass is 10.1. The number of hydrogen-bond acceptors (Lipinski definition) is 3. The van der Waals surface area contributed by atoms with Gasteiger partial charge >= 0.3 is 0 Å². The second-order valence-electron chi connectivity index (χ2n) is 7.64. The summed E-state index contributed by atoms with van der Waals surface area (Å²) < 4.78 is 2.50. The first-order chi connectivity index (χ1) is 15.5. The molecule has 5 nitrogen and oxygen atoms in total. The summed E-state index contributed by atoms with van der Waals surface area (Å²) in [6.07, 6.45) is 0. The molecule has 3 aromatic carbocycles. The monoisotopic (exact) mass is 489 g/mol. The zero-order chi connectivity index (χ0) is 22.7. The summed E-state index contributed by atoms with van der Waals surface area (Å²) in [4.78, 5) is 33.4. The standard InChI is InChI=1S/C26H24BrN3O2/c1-3-29-24(28-23-15-8-7-14-22(23)26(29)32)18(2)30(17-19-10-5-4-6-11-19)25(31)20-12-9-13-21(27)16-20/h4-16,18H,3,17H2,1-2H3. The first-order valence-electron chi connectivity index (χ1n) is 10.6. The fourth-order valence-corrected chi connectivity index (χ4v) is 4.30. The first-order valence-corrected chi connectivity index (χ1v) is 11.4. The zero-order valence-electron chi connectivity index (χ0n) is 18.0. The van der Waals surface area contributed by atoms with E-state index in [1.165, 1.54) is 0 Å². The fraction of sp³-hybridized carbons (Fsp3) is 0.192. The number of fused-ring (bicyclic) bond motifs is 1. The number of aromatic nitrogens is 2. The molecule has 0 aliphatic heterocycles. The summed E-state index contributed by atoms with van der Waals surface area (Å²) in [5.74, 6) is 0.461. The third-order valence-corrected chi connectivity index (χ3v) is 6.07. The second kappa shape index (κ2) is 9.49. The van der Waals surface area contributed by atoms with Crippen LogP contribution >= 0.6 is 15.9 Å². The van der Waals surface area contributed by atoms with Gasteiger partial charge in [0.15, 0.2) is 0 Å². The molecule has 0 radical (unpaired) electrons. The number of carbonyl (C=O) groups is 1. The number of halogens is 1. The molecule has 162 valence electrons. The number of benzene rings is 3. The Bertz CT molecular complexity index is 1320. The van der Waals surface area contributed by atoms with Gasteiger partial charge in [0.05, 0.1) is 16.9 Å². The summed E-state index contributed by atoms with van der Waals surface area (Å²) in [7, 11) is 0. The van der Waals surface area contributed by atoms with Gasteiger partial charge in [-0.2, -0.15) is 0 Å². The highest BCUT2D eigenvalue weighted by atomic mass is 79.9. The molecule has 32 heavy (non-hydrogen) atoms. The largest absolute Gasteiger partial charge is 0.324 e. The molecule has 0 aliphatic rings. The molecule has 0 saturated heterocycles. The van der Waals surface area contributed by atoms with E-state index in [9.17, 15) is 9.59 Å². The minimum absolute atomic E-state index is 0.0884. The quantitative estimate of drug-likeness (QED) is 0.355. The van der Waals surface area contributed by atoms with Gasteiger partial charge in [-0.15, -0.1) is 0 Å². The average molecular weight is 490 g/mol. The van der Waals surface area contributed by atoms with Crippen LogP contribution in [0.3, 0.4) is 0 Å². The van der Waals surface area contributed by atoms with Gasteiger partial charge in [-0.25, -0.2) is 4.98 Å². The molecule has 4 aromatic rings. The SMILES string of the molecule is CCn1c(C(C)N(Cc2ccccc2)C(=O)c2cccc(Br)c2)nc2ccccc2c1=O. The van der Waals surface area contributed by atoms with Gasteiger partial charge in [0.25, 0.3) is 11.5 Å². The topological polar surface area (TPSA) is 55.2 Å². The van der Waals surface area contributed by atoms with Crippen LogP contribution < -0.4 is 5.56 Å². The Morgan fingerprint density at radius 3 is 2.47 bits per heavy atom. The highest BCUT2D eigenvalue weighted by Gasteiger charge is 2.27. The molecular formula is C26H24BrN3O2. The summed E-state index contributed by atoms with van der Waals surface area (Å²) in [5, 5.41) is 0.582. The van der Waals surface area contributed by atoms with E-state index in [1.54, 1.807) is 21.6 Å². The first kappa shape index (κ1) is 22.0. The Kier molecular flexibility index (Phi) is 6.51. The molecule has 0 spiro atoms.